The fraction of sp³-hybridized carbons (Fsp3) is 0.143. The van der Waals surface area contributed by atoms with Crippen molar-refractivity contribution in [2.24, 2.45) is 0 Å². The van der Waals surface area contributed by atoms with E-state index in [1.165, 1.54) is 23.1 Å². The Morgan fingerprint density at radius 3 is 2.76 bits per heavy atom. The molecule has 2 aromatic heterocycles. The number of aromatic nitrogens is 5. The van der Waals surface area contributed by atoms with Crippen molar-refractivity contribution in [3.05, 3.63) is 58.9 Å². The Labute approximate surface area is 144 Å². The highest BCUT2D eigenvalue weighted by atomic mass is 35.5. The van der Waals surface area contributed by atoms with E-state index in [1.807, 2.05) is 0 Å². The van der Waals surface area contributed by atoms with Crippen LogP contribution in [0.3, 0.4) is 0 Å². The van der Waals surface area contributed by atoms with Gasteiger partial charge >= 0.3 is 6.55 Å². The van der Waals surface area contributed by atoms with Crippen molar-refractivity contribution in [1.82, 2.24) is 24.5 Å². The second-order valence-electron chi connectivity index (χ2n) is 4.88. The van der Waals surface area contributed by atoms with E-state index in [1.54, 1.807) is 6.07 Å². The molecule has 0 unspecified atom stereocenters. The van der Waals surface area contributed by atoms with Gasteiger partial charge in [0.2, 0.25) is 5.95 Å². The first-order chi connectivity index (χ1) is 11.9. The number of carbonyl (C=O) groups is 1. The van der Waals surface area contributed by atoms with Gasteiger partial charge in [-0.2, -0.15) is 13.9 Å². The number of halogens is 4. The van der Waals surface area contributed by atoms with E-state index in [2.05, 4.69) is 20.5 Å². The van der Waals surface area contributed by atoms with E-state index in [4.69, 9.17) is 11.6 Å². The Balaban J connectivity index is 1.70. The number of benzene rings is 1. The van der Waals surface area contributed by atoms with E-state index in [9.17, 15) is 18.0 Å². The normalized spacial score (nSPS) is 11.1. The molecule has 0 atom stereocenters. The van der Waals surface area contributed by atoms with Gasteiger partial charge in [0.15, 0.2) is 5.69 Å². The van der Waals surface area contributed by atoms with Crippen LogP contribution in [-0.2, 0) is 6.54 Å². The minimum absolute atomic E-state index is 0.00832. The van der Waals surface area contributed by atoms with E-state index in [-0.39, 0.29) is 28.8 Å². The maximum Gasteiger partial charge on any atom is 0.333 e. The van der Waals surface area contributed by atoms with Crippen LogP contribution in [0.25, 0.3) is 0 Å². The van der Waals surface area contributed by atoms with E-state index in [0.717, 1.165) is 12.3 Å². The van der Waals surface area contributed by atoms with E-state index >= 15 is 0 Å². The van der Waals surface area contributed by atoms with Gasteiger partial charge in [-0.1, -0.05) is 17.7 Å². The summed E-state index contributed by atoms with van der Waals surface area (Å²) in [7, 11) is 0. The summed E-state index contributed by atoms with van der Waals surface area (Å²) in [4.78, 5) is 15.8. The minimum Gasteiger partial charge on any atom is -0.288 e. The van der Waals surface area contributed by atoms with Gasteiger partial charge in [-0.05, 0) is 18.2 Å². The lowest BCUT2D eigenvalue weighted by Crippen LogP contribution is -2.15. The maximum atomic E-state index is 13.8. The van der Waals surface area contributed by atoms with Crippen LogP contribution in [0.15, 0.2) is 36.8 Å². The average Bonchev–Trinajstić information content (AvgIpc) is 3.20. The molecule has 0 aliphatic heterocycles. The van der Waals surface area contributed by atoms with Crippen molar-refractivity contribution in [2.45, 2.75) is 13.1 Å². The zero-order valence-corrected chi connectivity index (χ0v) is 13.2. The van der Waals surface area contributed by atoms with Gasteiger partial charge in [0.05, 0.1) is 6.54 Å². The molecule has 0 bridgehead atoms. The molecule has 0 saturated heterocycles. The van der Waals surface area contributed by atoms with Crippen molar-refractivity contribution >= 4 is 23.5 Å². The van der Waals surface area contributed by atoms with Crippen molar-refractivity contribution in [1.29, 1.82) is 0 Å². The number of anilines is 1. The molecule has 1 N–H and O–H groups in total. The second-order valence-corrected chi connectivity index (χ2v) is 5.29. The van der Waals surface area contributed by atoms with Crippen LogP contribution in [0, 0.1) is 5.82 Å². The molecule has 0 spiro atoms. The highest BCUT2D eigenvalue weighted by Gasteiger charge is 2.15. The molecule has 0 aliphatic rings. The van der Waals surface area contributed by atoms with Crippen LogP contribution in [0.1, 0.15) is 22.6 Å². The molecule has 2 heterocycles. The van der Waals surface area contributed by atoms with Gasteiger partial charge in [0.25, 0.3) is 5.91 Å². The monoisotopic (exact) mass is 370 g/mol. The standard InChI is InChI=1S/C14H10ClF3N6O/c15-9-2-1-3-10(16)8(9)6-23-7-19-14(22-23)20-12(25)11-4-5-24(21-11)13(17)18/h1-5,7,13H,6H2,(H,20,22,25). The van der Waals surface area contributed by atoms with Gasteiger partial charge in [-0.25, -0.2) is 18.7 Å². The second kappa shape index (κ2) is 6.93. The highest BCUT2D eigenvalue weighted by Crippen LogP contribution is 2.20. The molecular formula is C14H10ClF3N6O. The Hall–Kier alpha value is -2.88. The summed E-state index contributed by atoms with van der Waals surface area (Å²) in [5, 5.41) is 9.94. The third-order valence-corrected chi connectivity index (χ3v) is 3.54. The largest absolute Gasteiger partial charge is 0.333 e. The summed E-state index contributed by atoms with van der Waals surface area (Å²) >= 11 is 5.94. The first-order valence-electron chi connectivity index (χ1n) is 6.91. The summed E-state index contributed by atoms with van der Waals surface area (Å²) in [6, 6.07) is 5.42. The maximum absolute atomic E-state index is 13.8. The van der Waals surface area contributed by atoms with E-state index in [0.29, 0.717) is 4.68 Å². The molecule has 25 heavy (non-hydrogen) atoms. The number of amides is 1. The number of alkyl halides is 2. The molecule has 0 radical (unpaired) electrons. The summed E-state index contributed by atoms with van der Waals surface area (Å²) in [5.41, 5.74) is 0.0106. The predicted octanol–water partition coefficient (Wildman–Crippen LogP) is 2.96. The summed E-state index contributed by atoms with van der Waals surface area (Å²) in [6.07, 6.45) is 2.25. The van der Waals surface area contributed by atoms with Gasteiger partial charge in [0, 0.05) is 16.8 Å². The Morgan fingerprint density at radius 1 is 1.28 bits per heavy atom. The van der Waals surface area contributed by atoms with Gasteiger partial charge in [0.1, 0.15) is 12.1 Å². The molecule has 7 nitrogen and oxygen atoms in total. The molecule has 0 aliphatic carbocycles. The Kier molecular flexibility index (Phi) is 4.70. The molecular weight excluding hydrogens is 361 g/mol. The smallest absolute Gasteiger partial charge is 0.288 e. The van der Waals surface area contributed by atoms with Crippen molar-refractivity contribution < 1.29 is 18.0 Å². The Bertz CT molecular complexity index is 889. The third kappa shape index (κ3) is 3.79. The zero-order valence-electron chi connectivity index (χ0n) is 12.4. The third-order valence-electron chi connectivity index (χ3n) is 3.18. The number of nitrogens with one attached hydrogen (secondary N) is 1. The molecule has 130 valence electrons. The van der Waals surface area contributed by atoms with Crippen LogP contribution in [-0.4, -0.2) is 30.5 Å². The van der Waals surface area contributed by atoms with E-state index < -0.39 is 18.3 Å². The molecule has 11 heteroatoms. The molecule has 3 aromatic rings. The number of carbonyl (C=O) groups excluding carboxylic acids is 1. The Morgan fingerprint density at radius 2 is 2.08 bits per heavy atom. The zero-order chi connectivity index (χ0) is 18.0. The van der Waals surface area contributed by atoms with Crippen LogP contribution in [0.5, 0.6) is 0 Å². The van der Waals surface area contributed by atoms with Crippen LogP contribution in [0.4, 0.5) is 19.1 Å². The number of rotatable bonds is 5. The first kappa shape index (κ1) is 17.0. The minimum atomic E-state index is -2.84. The number of nitrogens with zero attached hydrogens (tertiary/aromatic N) is 5. The molecule has 1 amide bonds. The van der Waals surface area contributed by atoms with Crippen LogP contribution < -0.4 is 5.32 Å². The fourth-order valence-electron chi connectivity index (χ4n) is 2.01. The number of hydrogen-bond acceptors (Lipinski definition) is 4. The summed E-state index contributed by atoms with van der Waals surface area (Å²) in [6.45, 7) is -2.83. The SMILES string of the molecule is O=C(Nc1ncn(Cc2c(F)cccc2Cl)n1)c1ccn(C(F)F)n1. The summed E-state index contributed by atoms with van der Waals surface area (Å²) in [5.74, 6) is -1.32. The summed E-state index contributed by atoms with van der Waals surface area (Å²) < 4.78 is 40.3. The quantitative estimate of drug-likeness (QED) is 0.749. The fourth-order valence-corrected chi connectivity index (χ4v) is 2.23. The van der Waals surface area contributed by atoms with Crippen molar-refractivity contribution in [2.75, 3.05) is 5.32 Å². The topological polar surface area (TPSA) is 77.6 Å². The van der Waals surface area contributed by atoms with Crippen molar-refractivity contribution in [3.63, 3.8) is 0 Å². The predicted molar refractivity (Wildman–Crippen MR) is 82.0 cm³/mol. The molecule has 3 rings (SSSR count). The molecule has 0 saturated carbocycles. The van der Waals surface area contributed by atoms with Gasteiger partial charge < -0.3 is 0 Å². The van der Waals surface area contributed by atoms with Gasteiger partial charge in [-0.3, -0.25) is 10.1 Å². The molecule has 0 fully saturated rings. The lowest BCUT2D eigenvalue weighted by molar-refractivity contribution is 0.0561. The van der Waals surface area contributed by atoms with Crippen LogP contribution >= 0.6 is 11.6 Å². The van der Waals surface area contributed by atoms with Crippen LogP contribution in [0.2, 0.25) is 5.02 Å². The van der Waals surface area contributed by atoms with Gasteiger partial charge in [-0.15, -0.1) is 5.10 Å². The highest BCUT2D eigenvalue weighted by molar-refractivity contribution is 6.31. The lowest BCUT2D eigenvalue weighted by Gasteiger charge is -2.05. The van der Waals surface area contributed by atoms with Crippen molar-refractivity contribution in [3.8, 4) is 0 Å². The molecule has 1 aromatic carbocycles. The number of hydrogen-bond donors (Lipinski definition) is 1. The lowest BCUT2D eigenvalue weighted by atomic mass is 10.2. The average molecular weight is 371 g/mol. The first-order valence-corrected chi connectivity index (χ1v) is 7.29.